The van der Waals surface area contributed by atoms with Crippen LogP contribution < -0.4 is 14.8 Å². The standard InChI is InChI=1S/C18H20ClNO4/c1-13-10-16(6-7-17(13)19)24-12-18(21)20-14-4-3-5-15(11-14)23-9-8-22-2/h3-7,10-11H,8-9,12H2,1-2H3,(H,20,21). The van der Waals surface area contributed by atoms with Crippen LogP contribution in [0.1, 0.15) is 5.56 Å². The highest BCUT2D eigenvalue weighted by Gasteiger charge is 2.06. The highest BCUT2D eigenvalue weighted by molar-refractivity contribution is 6.31. The molecule has 5 nitrogen and oxygen atoms in total. The Kier molecular flexibility index (Phi) is 6.90. The van der Waals surface area contributed by atoms with E-state index in [1.165, 1.54) is 0 Å². The molecule has 0 fully saturated rings. The van der Waals surface area contributed by atoms with E-state index in [1.54, 1.807) is 43.5 Å². The third-order valence-electron chi connectivity index (χ3n) is 3.17. The van der Waals surface area contributed by atoms with Crippen LogP contribution in [0.3, 0.4) is 0 Å². The first kappa shape index (κ1) is 18.1. The molecule has 0 atom stereocenters. The lowest BCUT2D eigenvalue weighted by molar-refractivity contribution is -0.118. The number of aryl methyl sites for hydroxylation is 1. The second-order valence-corrected chi connectivity index (χ2v) is 5.52. The molecular weight excluding hydrogens is 330 g/mol. The van der Waals surface area contributed by atoms with E-state index >= 15 is 0 Å². The maximum absolute atomic E-state index is 12.0. The Hall–Kier alpha value is -2.24. The van der Waals surface area contributed by atoms with E-state index in [9.17, 15) is 4.79 Å². The van der Waals surface area contributed by atoms with E-state index in [1.807, 2.05) is 13.0 Å². The smallest absolute Gasteiger partial charge is 0.262 e. The number of anilines is 1. The lowest BCUT2D eigenvalue weighted by Crippen LogP contribution is -2.20. The van der Waals surface area contributed by atoms with E-state index in [-0.39, 0.29) is 12.5 Å². The highest BCUT2D eigenvalue weighted by atomic mass is 35.5. The summed E-state index contributed by atoms with van der Waals surface area (Å²) >= 11 is 5.96. The Morgan fingerprint density at radius 3 is 2.62 bits per heavy atom. The molecule has 1 amide bonds. The maximum Gasteiger partial charge on any atom is 0.262 e. The summed E-state index contributed by atoms with van der Waals surface area (Å²) in [7, 11) is 1.61. The van der Waals surface area contributed by atoms with Gasteiger partial charge in [0.25, 0.3) is 5.91 Å². The molecule has 0 aromatic heterocycles. The van der Waals surface area contributed by atoms with Gasteiger partial charge in [-0.25, -0.2) is 0 Å². The molecule has 1 N–H and O–H groups in total. The molecule has 0 aliphatic rings. The molecule has 0 unspecified atom stereocenters. The number of nitrogens with one attached hydrogen (secondary N) is 1. The molecule has 0 aliphatic heterocycles. The van der Waals surface area contributed by atoms with Crippen molar-refractivity contribution in [3.8, 4) is 11.5 Å². The molecule has 0 aliphatic carbocycles. The molecule has 0 saturated heterocycles. The van der Waals surface area contributed by atoms with Crippen LogP contribution in [0.25, 0.3) is 0 Å². The van der Waals surface area contributed by atoms with Crippen molar-refractivity contribution in [2.75, 3.05) is 32.2 Å². The van der Waals surface area contributed by atoms with Gasteiger partial charge in [-0.1, -0.05) is 17.7 Å². The number of hydrogen-bond acceptors (Lipinski definition) is 4. The molecule has 2 aromatic carbocycles. The number of ether oxygens (including phenoxy) is 3. The summed E-state index contributed by atoms with van der Waals surface area (Å²) in [5.41, 5.74) is 1.54. The minimum absolute atomic E-state index is 0.0875. The van der Waals surface area contributed by atoms with Gasteiger partial charge in [0.15, 0.2) is 6.61 Å². The molecule has 24 heavy (non-hydrogen) atoms. The molecule has 6 heteroatoms. The Morgan fingerprint density at radius 2 is 1.88 bits per heavy atom. The van der Waals surface area contributed by atoms with Crippen molar-refractivity contribution in [3.63, 3.8) is 0 Å². The predicted octanol–water partition coefficient (Wildman–Crippen LogP) is 3.69. The predicted molar refractivity (Wildman–Crippen MR) is 94.1 cm³/mol. The second-order valence-electron chi connectivity index (χ2n) is 5.12. The first-order valence-electron chi connectivity index (χ1n) is 7.49. The van der Waals surface area contributed by atoms with Gasteiger partial charge in [0.1, 0.15) is 18.1 Å². The SMILES string of the molecule is COCCOc1cccc(NC(=O)COc2ccc(Cl)c(C)c2)c1. The summed E-state index contributed by atoms with van der Waals surface area (Å²) in [6, 6.07) is 12.4. The van der Waals surface area contributed by atoms with Gasteiger partial charge in [-0.15, -0.1) is 0 Å². The zero-order chi connectivity index (χ0) is 17.4. The molecule has 0 heterocycles. The lowest BCUT2D eigenvalue weighted by Gasteiger charge is -2.10. The molecule has 0 bridgehead atoms. The first-order valence-corrected chi connectivity index (χ1v) is 7.87. The lowest BCUT2D eigenvalue weighted by atomic mass is 10.2. The largest absolute Gasteiger partial charge is 0.491 e. The average molecular weight is 350 g/mol. The number of amides is 1. The van der Waals surface area contributed by atoms with E-state index in [4.69, 9.17) is 25.8 Å². The van der Waals surface area contributed by atoms with Crippen molar-refractivity contribution in [2.24, 2.45) is 0 Å². The molecule has 0 saturated carbocycles. The fourth-order valence-electron chi connectivity index (χ4n) is 1.96. The molecular formula is C18H20ClNO4. The number of halogens is 1. The van der Waals surface area contributed by atoms with Gasteiger partial charge in [0.2, 0.25) is 0 Å². The minimum Gasteiger partial charge on any atom is -0.491 e. The molecule has 2 rings (SSSR count). The third kappa shape index (κ3) is 5.76. The molecule has 0 spiro atoms. The minimum atomic E-state index is -0.253. The van der Waals surface area contributed by atoms with Crippen molar-refractivity contribution in [3.05, 3.63) is 53.1 Å². The van der Waals surface area contributed by atoms with Crippen molar-refractivity contribution >= 4 is 23.2 Å². The van der Waals surface area contributed by atoms with Crippen LogP contribution in [0.15, 0.2) is 42.5 Å². The van der Waals surface area contributed by atoms with Crippen LogP contribution in [-0.2, 0) is 9.53 Å². The quantitative estimate of drug-likeness (QED) is 0.738. The van der Waals surface area contributed by atoms with Gasteiger partial charge in [-0.3, -0.25) is 4.79 Å². The van der Waals surface area contributed by atoms with Crippen LogP contribution in [0.2, 0.25) is 5.02 Å². The summed E-state index contributed by atoms with van der Waals surface area (Å²) in [4.78, 5) is 12.0. The second kappa shape index (κ2) is 9.15. The Labute approximate surface area is 146 Å². The third-order valence-corrected chi connectivity index (χ3v) is 3.60. The van der Waals surface area contributed by atoms with Crippen LogP contribution >= 0.6 is 11.6 Å². The van der Waals surface area contributed by atoms with E-state index in [2.05, 4.69) is 5.32 Å². The number of methoxy groups -OCH3 is 1. The van der Waals surface area contributed by atoms with Crippen LogP contribution in [0.5, 0.6) is 11.5 Å². The van der Waals surface area contributed by atoms with Gasteiger partial charge >= 0.3 is 0 Å². The van der Waals surface area contributed by atoms with Crippen LogP contribution in [-0.4, -0.2) is 32.8 Å². The van der Waals surface area contributed by atoms with Gasteiger partial charge in [-0.2, -0.15) is 0 Å². The van der Waals surface area contributed by atoms with E-state index < -0.39 is 0 Å². The van der Waals surface area contributed by atoms with Crippen molar-refractivity contribution < 1.29 is 19.0 Å². The normalized spacial score (nSPS) is 10.3. The van der Waals surface area contributed by atoms with Crippen molar-refractivity contribution in [1.82, 2.24) is 0 Å². The summed E-state index contributed by atoms with van der Waals surface area (Å²) in [5.74, 6) is 1.01. The van der Waals surface area contributed by atoms with Gasteiger partial charge in [0.05, 0.1) is 6.61 Å². The molecule has 0 radical (unpaired) electrons. The fourth-order valence-corrected chi connectivity index (χ4v) is 2.08. The monoisotopic (exact) mass is 349 g/mol. The van der Waals surface area contributed by atoms with E-state index in [0.717, 1.165) is 5.56 Å². The van der Waals surface area contributed by atoms with Crippen molar-refractivity contribution in [2.45, 2.75) is 6.92 Å². The zero-order valence-corrected chi connectivity index (χ0v) is 14.4. The Morgan fingerprint density at radius 1 is 1.08 bits per heavy atom. The summed E-state index contributed by atoms with van der Waals surface area (Å²) in [6.45, 7) is 2.75. The number of rotatable bonds is 8. The number of carbonyl (C=O) groups is 1. The summed E-state index contributed by atoms with van der Waals surface area (Å²) in [6.07, 6.45) is 0. The summed E-state index contributed by atoms with van der Waals surface area (Å²) < 4.78 is 15.9. The average Bonchev–Trinajstić information content (AvgIpc) is 2.57. The fraction of sp³-hybridized carbons (Fsp3) is 0.278. The number of hydrogen-bond donors (Lipinski definition) is 1. The van der Waals surface area contributed by atoms with Gasteiger partial charge < -0.3 is 19.5 Å². The van der Waals surface area contributed by atoms with Crippen molar-refractivity contribution in [1.29, 1.82) is 0 Å². The molecule has 128 valence electrons. The van der Waals surface area contributed by atoms with Crippen LogP contribution in [0.4, 0.5) is 5.69 Å². The van der Waals surface area contributed by atoms with Gasteiger partial charge in [-0.05, 0) is 42.8 Å². The van der Waals surface area contributed by atoms with E-state index in [0.29, 0.717) is 35.4 Å². The zero-order valence-electron chi connectivity index (χ0n) is 13.7. The molecule has 2 aromatic rings. The topological polar surface area (TPSA) is 56.8 Å². The Balaban J connectivity index is 1.85. The highest BCUT2D eigenvalue weighted by Crippen LogP contribution is 2.21. The number of benzene rings is 2. The van der Waals surface area contributed by atoms with Gasteiger partial charge in [0, 0.05) is 23.9 Å². The Bertz CT molecular complexity index is 690. The van der Waals surface area contributed by atoms with Crippen LogP contribution in [0, 0.1) is 6.92 Å². The number of carbonyl (C=O) groups excluding carboxylic acids is 1. The summed E-state index contributed by atoms with van der Waals surface area (Å²) in [5, 5.41) is 3.43. The first-order chi connectivity index (χ1) is 11.6. The maximum atomic E-state index is 12.0.